The second-order valence-corrected chi connectivity index (χ2v) is 6.17. The molecule has 0 saturated carbocycles. The molecular weight excluding hydrogens is 433 g/mol. The number of hydrogen-bond donors (Lipinski definition) is 6. The number of benzene rings is 1. The van der Waals surface area contributed by atoms with E-state index in [4.69, 9.17) is 83.5 Å². The van der Waals surface area contributed by atoms with Crippen LogP contribution in [0.25, 0.3) is 0 Å². The molecule has 7 nitrogen and oxygen atoms in total. The summed E-state index contributed by atoms with van der Waals surface area (Å²) >= 11 is 27.9. The molecule has 0 amide bonds. The van der Waals surface area contributed by atoms with Gasteiger partial charge in [0.15, 0.2) is 12.0 Å². The highest BCUT2D eigenvalue weighted by atomic mass is 35.5. The van der Waals surface area contributed by atoms with Gasteiger partial charge in [0.05, 0.1) is 21.7 Å². The Labute approximate surface area is 161 Å². The molecule has 0 radical (unpaired) electrons. The van der Waals surface area contributed by atoms with Crippen molar-refractivity contribution in [1.29, 1.82) is 0 Å². The Morgan fingerprint density at radius 2 is 1.17 bits per heavy atom. The third-order valence-electron chi connectivity index (χ3n) is 2.61. The summed E-state index contributed by atoms with van der Waals surface area (Å²) < 4.78 is 0. The largest absolute Gasteiger partial charge is 0.505 e. The molecule has 1 rings (SSSR count). The molecule has 0 aliphatic heterocycles. The van der Waals surface area contributed by atoms with Gasteiger partial charge in [0, 0.05) is 0 Å². The highest BCUT2D eigenvalue weighted by Crippen LogP contribution is 2.47. The maximum Gasteiger partial charge on any atom is 0.155 e. The van der Waals surface area contributed by atoms with Crippen LogP contribution >= 0.6 is 58.0 Å². The van der Waals surface area contributed by atoms with Gasteiger partial charge in [0.25, 0.3) is 0 Å². The molecule has 0 saturated heterocycles. The SMILES string of the molecule is O=CC(O)C(O)C(O)C(O)CO.Oc1c(Cl)c(Cl)c(Cl)c(Cl)c1Cl. The van der Waals surface area contributed by atoms with E-state index < -0.39 is 31.0 Å². The van der Waals surface area contributed by atoms with E-state index in [2.05, 4.69) is 0 Å². The van der Waals surface area contributed by atoms with Crippen LogP contribution in [-0.2, 0) is 4.79 Å². The van der Waals surface area contributed by atoms with Crippen molar-refractivity contribution in [2.24, 2.45) is 0 Å². The van der Waals surface area contributed by atoms with Crippen LogP contribution in [0.15, 0.2) is 0 Å². The zero-order valence-corrected chi connectivity index (χ0v) is 15.4. The van der Waals surface area contributed by atoms with Gasteiger partial charge in [0.1, 0.15) is 34.5 Å². The third-order valence-corrected chi connectivity index (χ3v) is 4.86. The molecule has 12 heteroatoms. The van der Waals surface area contributed by atoms with Crippen LogP contribution in [0.4, 0.5) is 0 Å². The van der Waals surface area contributed by atoms with Crippen molar-refractivity contribution in [1.82, 2.24) is 0 Å². The van der Waals surface area contributed by atoms with Crippen molar-refractivity contribution in [2.45, 2.75) is 24.4 Å². The van der Waals surface area contributed by atoms with Crippen LogP contribution in [0.1, 0.15) is 0 Å². The second-order valence-electron chi connectivity index (χ2n) is 4.28. The maximum atomic E-state index is 9.90. The molecule has 6 N–H and O–H groups in total. The molecule has 0 aliphatic rings. The van der Waals surface area contributed by atoms with E-state index in [-0.39, 0.29) is 37.1 Å². The van der Waals surface area contributed by atoms with Crippen LogP contribution in [0.2, 0.25) is 25.1 Å². The van der Waals surface area contributed by atoms with Crippen molar-refractivity contribution in [2.75, 3.05) is 6.61 Å². The summed E-state index contributed by atoms with van der Waals surface area (Å²) in [6, 6.07) is 0. The lowest BCUT2D eigenvalue weighted by molar-refractivity contribution is -0.136. The van der Waals surface area contributed by atoms with Gasteiger partial charge in [-0.25, -0.2) is 0 Å². The Hall–Kier alpha value is -0.0600. The van der Waals surface area contributed by atoms with E-state index in [9.17, 15) is 9.90 Å². The fourth-order valence-corrected chi connectivity index (χ4v) is 2.34. The fraction of sp³-hybridized carbons (Fsp3) is 0.417. The summed E-state index contributed by atoms with van der Waals surface area (Å²) in [5, 5.41) is 52.6. The summed E-state index contributed by atoms with van der Waals surface area (Å²) in [4.78, 5) is 9.90. The van der Waals surface area contributed by atoms with E-state index in [0.29, 0.717) is 0 Å². The van der Waals surface area contributed by atoms with Crippen LogP contribution in [0.3, 0.4) is 0 Å². The van der Waals surface area contributed by atoms with Gasteiger partial charge in [-0.1, -0.05) is 58.0 Å². The summed E-state index contributed by atoms with van der Waals surface area (Å²) in [6.07, 6.45) is -6.84. The number of aromatic hydroxyl groups is 1. The minimum Gasteiger partial charge on any atom is -0.505 e. The van der Waals surface area contributed by atoms with Gasteiger partial charge in [-0.3, -0.25) is 0 Å². The van der Waals surface area contributed by atoms with Crippen molar-refractivity contribution < 1.29 is 35.4 Å². The van der Waals surface area contributed by atoms with Crippen LogP contribution in [-0.4, -0.2) is 67.9 Å². The lowest BCUT2D eigenvalue weighted by Gasteiger charge is -2.22. The molecule has 4 unspecified atom stereocenters. The lowest BCUT2D eigenvalue weighted by Crippen LogP contribution is -2.46. The van der Waals surface area contributed by atoms with E-state index in [1.807, 2.05) is 0 Å². The van der Waals surface area contributed by atoms with E-state index in [1.165, 1.54) is 0 Å². The number of phenolic OH excluding ortho intramolecular Hbond substituents is 1. The number of carbonyl (C=O) groups excluding carboxylic acids is 1. The van der Waals surface area contributed by atoms with E-state index in [1.54, 1.807) is 0 Å². The molecule has 0 heterocycles. The lowest BCUT2D eigenvalue weighted by atomic mass is 10.0. The van der Waals surface area contributed by atoms with Gasteiger partial charge < -0.3 is 35.4 Å². The first-order valence-corrected chi connectivity index (χ1v) is 7.88. The zero-order valence-electron chi connectivity index (χ0n) is 11.6. The molecule has 1 aromatic rings. The molecule has 138 valence electrons. The summed E-state index contributed by atoms with van der Waals surface area (Å²) in [5.74, 6) is -0.363. The number of carbonyl (C=O) groups is 1. The number of aldehydes is 1. The van der Waals surface area contributed by atoms with Gasteiger partial charge in [-0.05, 0) is 0 Å². The Morgan fingerprint density at radius 3 is 1.50 bits per heavy atom. The van der Waals surface area contributed by atoms with Crippen molar-refractivity contribution in [3.05, 3.63) is 25.1 Å². The minimum atomic E-state index is -1.79. The topological polar surface area (TPSA) is 138 Å². The van der Waals surface area contributed by atoms with E-state index in [0.717, 1.165) is 0 Å². The quantitative estimate of drug-likeness (QED) is 0.228. The molecule has 1 aromatic carbocycles. The predicted octanol–water partition coefficient (Wildman–Crippen LogP) is 1.28. The Bertz CT molecular complexity index is 466. The summed E-state index contributed by atoms with van der Waals surface area (Å²) in [5.41, 5.74) is 0. The average Bonchev–Trinajstić information content (AvgIpc) is 2.60. The van der Waals surface area contributed by atoms with E-state index >= 15 is 0 Å². The number of rotatable bonds is 5. The minimum absolute atomic E-state index is 0.00904. The monoisotopic (exact) mass is 444 g/mol. The highest BCUT2D eigenvalue weighted by Gasteiger charge is 2.29. The highest BCUT2D eigenvalue weighted by molar-refractivity contribution is 6.55. The van der Waals surface area contributed by atoms with Gasteiger partial charge >= 0.3 is 0 Å². The Morgan fingerprint density at radius 1 is 0.792 bits per heavy atom. The van der Waals surface area contributed by atoms with Gasteiger partial charge in [-0.15, -0.1) is 0 Å². The number of aliphatic hydroxyl groups excluding tert-OH is 5. The Balaban J connectivity index is 0.000000441. The smallest absolute Gasteiger partial charge is 0.155 e. The van der Waals surface area contributed by atoms with Crippen LogP contribution < -0.4 is 0 Å². The Kier molecular flexibility index (Phi) is 10.8. The molecular formula is C12H13Cl5O7. The standard InChI is InChI=1S/C6HCl5O.C6H12O6/c7-1-2(8)4(10)6(12)5(11)3(1)9;7-1-3(9)5(11)6(12)4(10)2-8/h12H;1,3-6,8-12H,2H2. The molecule has 0 aromatic heterocycles. The molecule has 0 bridgehead atoms. The zero-order chi connectivity index (χ0) is 19.2. The first kappa shape index (κ1) is 23.9. The second kappa shape index (κ2) is 10.8. The third kappa shape index (κ3) is 6.03. The van der Waals surface area contributed by atoms with Crippen molar-refractivity contribution in [3.8, 4) is 5.75 Å². The molecule has 4 atom stereocenters. The normalized spacial score (nSPS) is 15.8. The van der Waals surface area contributed by atoms with Crippen LogP contribution in [0, 0.1) is 0 Å². The summed E-state index contributed by atoms with van der Waals surface area (Å²) in [7, 11) is 0. The number of aliphatic hydroxyl groups is 5. The fourth-order valence-electron chi connectivity index (χ4n) is 1.21. The first-order valence-electron chi connectivity index (χ1n) is 5.99. The summed E-state index contributed by atoms with van der Waals surface area (Å²) in [6.45, 7) is -0.760. The van der Waals surface area contributed by atoms with Crippen molar-refractivity contribution >= 4 is 64.3 Å². The molecule has 24 heavy (non-hydrogen) atoms. The number of halogens is 5. The van der Waals surface area contributed by atoms with Gasteiger partial charge in [-0.2, -0.15) is 0 Å². The number of hydrogen-bond acceptors (Lipinski definition) is 7. The molecule has 0 spiro atoms. The average molecular weight is 446 g/mol. The predicted molar refractivity (Wildman–Crippen MR) is 90.3 cm³/mol. The molecule has 0 aliphatic carbocycles. The van der Waals surface area contributed by atoms with Crippen molar-refractivity contribution in [3.63, 3.8) is 0 Å². The maximum absolute atomic E-state index is 9.90. The van der Waals surface area contributed by atoms with Gasteiger partial charge in [0.2, 0.25) is 0 Å². The molecule has 0 fully saturated rings. The number of phenols is 1. The van der Waals surface area contributed by atoms with Crippen LogP contribution in [0.5, 0.6) is 5.75 Å². The first-order chi connectivity index (χ1) is 11.0.